The van der Waals surface area contributed by atoms with E-state index in [1.165, 1.54) is 6.07 Å². The number of hydrazine groups is 1. The third-order valence-electron chi connectivity index (χ3n) is 5.20. The number of rotatable bonds is 11. The van der Waals surface area contributed by atoms with Crippen molar-refractivity contribution in [3.8, 4) is 0 Å². The number of hydrogen-bond donors (Lipinski definition) is 3. The molecule has 2 aromatic rings. The van der Waals surface area contributed by atoms with Crippen LogP contribution in [0.4, 0.5) is 5.82 Å². The number of allylic oxidation sites excluding steroid dienone is 1. The summed E-state index contributed by atoms with van der Waals surface area (Å²) in [6, 6.07) is 10.9. The van der Waals surface area contributed by atoms with E-state index in [0.29, 0.717) is 15.9 Å². The molecule has 0 aliphatic carbocycles. The highest BCUT2D eigenvalue weighted by Gasteiger charge is 2.35. The van der Waals surface area contributed by atoms with Crippen LogP contribution in [0.25, 0.3) is 6.08 Å². The summed E-state index contributed by atoms with van der Waals surface area (Å²) in [6.45, 7) is 7.07. The molecule has 0 radical (unpaired) electrons. The second-order valence-corrected chi connectivity index (χ2v) is 10.6. The quantitative estimate of drug-likeness (QED) is 0.316. The molecular formula is C24H33N5O5S. The molecule has 1 aromatic heterocycles. The Morgan fingerprint density at radius 2 is 1.74 bits per heavy atom. The van der Waals surface area contributed by atoms with E-state index in [4.69, 9.17) is 0 Å². The van der Waals surface area contributed by atoms with E-state index in [2.05, 4.69) is 15.4 Å². The van der Waals surface area contributed by atoms with Gasteiger partial charge in [-0.05, 0) is 38.2 Å². The van der Waals surface area contributed by atoms with Gasteiger partial charge < -0.3 is 0 Å². The molecule has 0 unspecified atom stereocenters. The summed E-state index contributed by atoms with van der Waals surface area (Å²) in [7, 11) is -3.97. The summed E-state index contributed by atoms with van der Waals surface area (Å²) in [5, 5.41) is 9.36. The number of anilines is 1. The molecule has 2 rings (SSSR count). The van der Waals surface area contributed by atoms with Crippen LogP contribution in [0.3, 0.4) is 0 Å². The first-order chi connectivity index (χ1) is 16.4. The Morgan fingerprint density at radius 1 is 1.09 bits per heavy atom. The van der Waals surface area contributed by atoms with E-state index < -0.39 is 33.7 Å². The first kappa shape index (κ1) is 27.9. The van der Waals surface area contributed by atoms with Gasteiger partial charge in [-0.3, -0.25) is 20.2 Å². The Bertz CT molecular complexity index is 1130. The lowest BCUT2D eigenvalue weighted by Gasteiger charge is -2.29. The fourth-order valence-corrected chi connectivity index (χ4v) is 4.40. The minimum absolute atomic E-state index is 0.00747. The van der Waals surface area contributed by atoms with Crippen LogP contribution in [0.15, 0.2) is 42.5 Å². The van der Waals surface area contributed by atoms with Gasteiger partial charge in [-0.2, -0.15) is 4.41 Å². The Morgan fingerprint density at radius 3 is 2.29 bits per heavy atom. The maximum absolute atomic E-state index is 13.4. The van der Waals surface area contributed by atoms with Crippen molar-refractivity contribution in [3.63, 3.8) is 0 Å². The van der Waals surface area contributed by atoms with Crippen LogP contribution < -0.4 is 15.3 Å². The lowest BCUT2D eigenvalue weighted by atomic mass is 9.82. The molecule has 2 atom stereocenters. The van der Waals surface area contributed by atoms with Crippen LogP contribution in [-0.2, 0) is 19.6 Å². The molecule has 0 spiro atoms. The molecular weight excluding hydrogens is 470 g/mol. The van der Waals surface area contributed by atoms with E-state index in [9.17, 15) is 23.2 Å². The van der Waals surface area contributed by atoms with Gasteiger partial charge >= 0.3 is 0 Å². The van der Waals surface area contributed by atoms with Crippen LogP contribution in [0.2, 0.25) is 0 Å². The van der Waals surface area contributed by atoms with Crippen molar-refractivity contribution in [2.45, 2.75) is 40.5 Å². The van der Waals surface area contributed by atoms with Gasteiger partial charge in [0.25, 0.3) is 10.0 Å². The Hall–Kier alpha value is -3.31. The highest BCUT2D eigenvalue weighted by Crippen LogP contribution is 2.26. The molecule has 0 saturated heterocycles. The lowest BCUT2D eigenvalue weighted by Crippen LogP contribution is -2.51. The average Bonchev–Trinajstić information content (AvgIpc) is 2.77. The average molecular weight is 504 g/mol. The van der Waals surface area contributed by atoms with Gasteiger partial charge in [-0.15, -0.1) is 0 Å². The van der Waals surface area contributed by atoms with E-state index in [0.717, 1.165) is 11.8 Å². The molecule has 35 heavy (non-hydrogen) atoms. The summed E-state index contributed by atoms with van der Waals surface area (Å²) in [5.74, 6) is -2.96. The topological polar surface area (TPSA) is 142 Å². The summed E-state index contributed by atoms with van der Waals surface area (Å²) in [5.41, 5.74) is 5.52. The second kappa shape index (κ2) is 12.4. The number of benzene rings is 1. The smallest absolute Gasteiger partial charge is 0.251 e. The number of aryl methyl sites for hydroxylation is 2. The minimum atomic E-state index is -3.97. The molecule has 11 heteroatoms. The third kappa shape index (κ3) is 8.45. The van der Waals surface area contributed by atoms with Gasteiger partial charge in [0.15, 0.2) is 5.82 Å². The number of nitrogens with zero attached hydrogens (tertiary/aromatic N) is 3. The summed E-state index contributed by atoms with van der Waals surface area (Å²) < 4.78 is 25.8. The first-order valence-electron chi connectivity index (χ1n) is 11.2. The SMILES string of the molecule is Cc1cc(N(NC(=O)[C@H](CC(C)C)[C@H](C/C=C/c2ccccc2)C(=O)NO)S(C)(=O)=O)nc(C)n1. The van der Waals surface area contributed by atoms with Gasteiger partial charge in [-0.25, -0.2) is 23.9 Å². The van der Waals surface area contributed by atoms with Crippen molar-refractivity contribution in [1.82, 2.24) is 20.9 Å². The first-order valence-corrected chi connectivity index (χ1v) is 13.1. The maximum atomic E-state index is 13.4. The van der Waals surface area contributed by atoms with Gasteiger partial charge in [-0.1, -0.05) is 56.3 Å². The predicted molar refractivity (Wildman–Crippen MR) is 133 cm³/mol. The van der Waals surface area contributed by atoms with E-state index in [1.54, 1.807) is 25.4 Å². The zero-order chi connectivity index (χ0) is 26.2. The molecule has 0 fully saturated rings. The van der Waals surface area contributed by atoms with Crippen LogP contribution in [0.1, 0.15) is 43.8 Å². The molecule has 0 aliphatic rings. The largest absolute Gasteiger partial charge is 0.289 e. The van der Waals surface area contributed by atoms with Crippen LogP contribution in [-0.4, -0.2) is 41.7 Å². The lowest BCUT2D eigenvalue weighted by molar-refractivity contribution is -0.140. The van der Waals surface area contributed by atoms with Gasteiger partial charge in [0.2, 0.25) is 11.8 Å². The molecule has 1 heterocycles. The number of amides is 2. The van der Waals surface area contributed by atoms with Crippen molar-refractivity contribution >= 4 is 33.7 Å². The molecule has 10 nitrogen and oxygen atoms in total. The third-order valence-corrected chi connectivity index (χ3v) is 6.14. The zero-order valence-electron chi connectivity index (χ0n) is 20.6. The number of nitrogens with one attached hydrogen (secondary N) is 2. The number of sulfonamides is 1. The van der Waals surface area contributed by atoms with Crippen molar-refractivity contribution in [2.75, 3.05) is 10.7 Å². The van der Waals surface area contributed by atoms with Crippen molar-refractivity contribution in [1.29, 1.82) is 0 Å². The minimum Gasteiger partial charge on any atom is -0.289 e. The number of carbonyl (C=O) groups is 2. The number of carbonyl (C=O) groups excluding carboxylic acids is 2. The van der Waals surface area contributed by atoms with Crippen LogP contribution >= 0.6 is 0 Å². The standard InChI is InChI=1S/C24H33N5O5S/c1-16(2)14-21(20(24(31)28-32)13-9-12-19-10-7-6-8-11-19)23(30)27-29(35(5,33)34)22-15-17(3)25-18(4)26-22/h6-12,15-16,20-21,32H,13-14H2,1-5H3,(H,27,30)(H,28,31)/b12-9+/t20-,21+/m0/s1. The Kier molecular flexibility index (Phi) is 9.90. The summed E-state index contributed by atoms with van der Waals surface area (Å²) in [4.78, 5) is 34.3. The Balaban J connectivity index is 2.39. The normalized spacial score (nSPS) is 13.5. The number of hydroxylamine groups is 1. The molecule has 2 amide bonds. The molecule has 3 N–H and O–H groups in total. The van der Waals surface area contributed by atoms with E-state index >= 15 is 0 Å². The Labute approximate surface area is 206 Å². The molecule has 0 bridgehead atoms. The fourth-order valence-electron chi connectivity index (χ4n) is 3.71. The van der Waals surface area contributed by atoms with Gasteiger partial charge in [0, 0.05) is 11.8 Å². The van der Waals surface area contributed by atoms with Crippen molar-refractivity contribution < 1.29 is 23.2 Å². The highest BCUT2D eigenvalue weighted by atomic mass is 32.2. The monoisotopic (exact) mass is 503 g/mol. The number of hydrogen-bond acceptors (Lipinski definition) is 7. The maximum Gasteiger partial charge on any atom is 0.251 e. The van der Waals surface area contributed by atoms with Crippen molar-refractivity contribution in [2.24, 2.45) is 17.8 Å². The summed E-state index contributed by atoms with van der Waals surface area (Å²) in [6.07, 6.45) is 4.94. The van der Waals surface area contributed by atoms with E-state index in [-0.39, 0.29) is 24.6 Å². The zero-order valence-corrected chi connectivity index (χ0v) is 21.4. The molecule has 0 aliphatic heterocycles. The molecule has 0 saturated carbocycles. The molecule has 1 aromatic carbocycles. The van der Waals surface area contributed by atoms with Crippen LogP contribution in [0, 0.1) is 31.6 Å². The fraction of sp³-hybridized carbons (Fsp3) is 0.417. The van der Waals surface area contributed by atoms with E-state index in [1.807, 2.05) is 50.3 Å². The number of aromatic nitrogens is 2. The second-order valence-electron chi connectivity index (χ2n) is 8.79. The van der Waals surface area contributed by atoms with Crippen molar-refractivity contribution in [3.05, 3.63) is 59.6 Å². The highest BCUT2D eigenvalue weighted by molar-refractivity contribution is 7.92. The van der Waals surface area contributed by atoms with Crippen LogP contribution in [0.5, 0.6) is 0 Å². The molecule has 190 valence electrons. The van der Waals surface area contributed by atoms with Gasteiger partial charge in [0.1, 0.15) is 5.82 Å². The predicted octanol–water partition coefficient (Wildman–Crippen LogP) is 2.78. The van der Waals surface area contributed by atoms with Gasteiger partial charge in [0.05, 0.1) is 18.1 Å². The summed E-state index contributed by atoms with van der Waals surface area (Å²) >= 11 is 0.